The van der Waals surface area contributed by atoms with Crippen LogP contribution in [0.3, 0.4) is 0 Å². The Kier molecular flexibility index (Phi) is 4.17. The summed E-state index contributed by atoms with van der Waals surface area (Å²) in [6.45, 7) is 7.08. The summed E-state index contributed by atoms with van der Waals surface area (Å²) in [5.74, 6) is 0.950. The molecule has 3 nitrogen and oxygen atoms in total. The maximum atomic E-state index is 6.05. The second-order valence-electron chi connectivity index (χ2n) is 4.79. The van der Waals surface area contributed by atoms with Crippen molar-refractivity contribution >= 4 is 11.5 Å². The van der Waals surface area contributed by atoms with E-state index in [2.05, 4.69) is 48.0 Å². The first-order chi connectivity index (χ1) is 9.13. The normalized spacial score (nSPS) is 12.2. The van der Waals surface area contributed by atoms with E-state index in [1.165, 1.54) is 5.56 Å². The van der Waals surface area contributed by atoms with Crippen molar-refractivity contribution in [3.8, 4) is 0 Å². The van der Waals surface area contributed by atoms with Crippen molar-refractivity contribution < 1.29 is 0 Å². The molecule has 2 aromatic rings. The van der Waals surface area contributed by atoms with Gasteiger partial charge in [-0.25, -0.2) is 4.98 Å². The van der Waals surface area contributed by atoms with E-state index >= 15 is 0 Å². The third kappa shape index (κ3) is 2.93. The number of aryl methyl sites for hydroxylation is 1. The maximum Gasteiger partial charge on any atom is 0.137 e. The van der Waals surface area contributed by atoms with Gasteiger partial charge in [-0.1, -0.05) is 18.2 Å². The van der Waals surface area contributed by atoms with Crippen LogP contribution in [0.4, 0.5) is 11.5 Å². The van der Waals surface area contributed by atoms with E-state index < -0.39 is 0 Å². The minimum atomic E-state index is -0.0254. The van der Waals surface area contributed by atoms with Gasteiger partial charge >= 0.3 is 0 Å². The first-order valence-electron chi connectivity index (χ1n) is 6.68. The van der Waals surface area contributed by atoms with Crippen molar-refractivity contribution in [2.24, 2.45) is 5.73 Å². The molecule has 19 heavy (non-hydrogen) atoms. The summed E-state index contributed by atoms with van der Waals surface area (Å²) in [4.78, 5) is 6.72. The van der Waals surface area contributed by atoms with Crippen LogP contribution in [0.15, 0.2) is 42.6 Å². The summed E-state index contributed by atoms with van der Waals surface area (Å²) in [6.07, 6.45) is 1.82. The van der Waals surface area contributed by atoms with Crippen molar-refractivity contribution in [2.45, 2.75) is 26.8 Å². The zero-order valence-electron chi connectivity index (χ0n) is 11.8. The molecule has 100 valence electrons. The van der Waals surface area contributed by atoms with E-state index in [1.54, 1.807) is 0 Å². The molecule has 3 heteroatoms. The van der Waals surface area contributed by atoms with E-state index in [1.807, 2.05) is 25.3 Å². The summed E-state index contributed by atoms with van der Waals surface area (Å²) >= 11 is 0. The smallest absolute Gasteiger partial charge is 0.137 e. The van der Waals surface area contributed by atoms with Crippen LogP contribution < -0.4 is 10.6 Å². The summed E-state index contributed by atoms with van der Waals surface area (Å²) in [7, 11) is 0. The molecule has 0 saturated heterocycles. The van der Waals surface area contributed by atoms with E-state index in [0.717, 1.165) is 23.6 Å². The van der Waals surface area contributed by atoms with Crippen molar-refractivity contribution in [1.29, 1.82) is 0 Å². The van der Waals surface area contributed by atoms with Crippen LogP contribution in [-0.2, 0) is 0 Å². The number of nitrogens with zero attached hydrogens (tertiary/aromatic N) is 2. The van der Waals surface area contributed by atoms with Crippen LogP contribution in [0.1, 0.15) is 31.0 Å². The van der Waals surface area contributed by atoms with Gasteiger partial charge in [0, 0.05) is 30.0 Å². The molecule has 1 atom stereocenters. The molecule has 1 aromatic carbocycles. The number of hydrogen-bond donors (Lipinski definition) is 1. The monoisotopic (exact) mass is 255 g/mol. The standard InChI is InChI=1S/C16H21N3/c1-4-19(14-8-5-7-12(2)11-14)16-15(13(3)17)9-6-10-18-16/h5-11,13H,4,17H2,1-3H3. The quantitative estimate of drug-likeness (QED) is 0.908. The van der Waals surface area contributed by atoms with Gasteiger partial charge in [-0.2, -0.15) is 0 Å². The Morgan fingerprint density at radius 2 is 2.05 bits per heavy atom. The molecule has 2 N–H and O–H groups in total. The van der Waals surface area contributed by atoms with Gasteiger partial charge in [-0.3, -0.25) is 0 Å². The van der Waals surface area contributed by atoms with Crippen LogP contribution in [-0.4, -0.2) is 11.5 Å². The number of rotatable bonds is 4. The molecule has 1 aromatic heterocycles. The Hall–Kier alpha value is -1.87. The van der Waals surface area contributed by atoms with Gasteiger partial charge in [-0.05, 0) is 44.5 Å². The van der Waals surface area contributed by atoms with Crippen LogP contribution in [0.5, 0.6) is 0 Å². The van der Waals surface area contributed by atoms with E-state index in [4.69, 9.17) is 5.73 Å². The van der Waals surface area contributed by atoms with Gasteiger partial charge in [0.2, 0.25) is 0 Å². The Morgan fingerprint density at radius 1 is 1.26 bits per heavy atom. The zero-order chi connectivity index (χ0) is 13.8. The summed E-state index contributed by atoms with van der Waals surface area (Å²) < 4.78 is 0. The van der Waals surface area contributed by atoms with Crippen LogP contribution in [0.2, 0.25) is 0 Å². The van der Waals surface area contributed by atoms with Crippen LogP contribution >= 0.6 is 0 Å². The molecule has 0 amide bonds. The molecule has 1 heterocycles. The van der Waals surface area contributed by atoms with Gasteiger partial charge in [0.15, 0.2) is 0 Å². The van der Waals surface area contributed by atoms with Gasteiger partial charge in [0.25, 0.3) is 0 Å². The molecule has 1 unspecified atom stereocenters. The number of aromatic nitrogens is 1. The lowest BCUT2D eigenvalue weighted by Gasteiger charge is -2.26. The fourth-order valence-electron chi connectivity index (χ4n) is 2.24. The molecular formula is C16H21N3. The Labute approximate surface area is 115 Å². The number of nitrogens with two attached hydrogens (primary N) is 1. The minimum Gasteiger partial charge on any atom is -0.326 e. The number of benzene rings is 1. The van der Waals surface area contributed by atoms with Crippen molar-refractivity contribution in [1.82, 2.24) is 4.98 Å². The highest BCUT2D eigenvalue weighted by Crippen LogP contribution is 2.29. The Balaban J connectivity index is 2.48. The lowest BCUT2D eigenvalue weighted by molar-refractivity contribution is 0.801. The second-order valence-corrected chi connectivity index (χ2v) is 4.79. The number of pyridine rings is 1. The van der Waals surface area contributed by atoms with E-state index in [-0.39, 0.29) is 6.04 Å². The molecule has 0 radical (unpaired) electrons. The Bertz CT molecular complexity index is 549. The topological polar surface area (TPSA) is 42.2 Å². The zero-order valence-corrected chi connectivity index (χ0v) is 11.8. The molecular weight excluding hydrogens is 234 g/mol. The summed E-state index contributed by atoms with van der Waals surface area (Å²) in [5, 5.41) is 0. The molecule has 0 aliphatic heterocycles. The SMILES string of the molecule is CCN(c1cccc(C)c1)c1ncccc1C(C)N. The minimum absolute atomic E-state index is 0.0254. The average molecular weight is 255 g/mol. The highest BCUT2D eigenvalue weighted by molar-refractivity contribution is 5.63. The largest absolute Gasteiger partial charge is 0.326 e. The third-order valence-corrected chi connectivity index (χ3v) is 3.19. The van der Waals surface area contributed by atoms with Crippen molar-refractivity contribution in [3.63, 3.8) is 0 Å². The lowest BCUT2D eigenvalue weighted by atomic mass is 10.1. The third-order valence-electron chi connectivity index (χ3n) is 3.19. The summed E-state index contributed by atoms with van der Waals surface area (Å²) in [5.41, 5.74) is 9.52. The molecule has 0 aliphatic rings. The fraction of sp³-hybridized carbons (Fsp3) is 0.312. The second kappa shape index (κ2) is 5.85. The first kappa shape index (κ1) is 13.6. The molecule has 0 spiro atoms. The lowest BCUT2D eigenvalue weighted by Crippen LogP contribution is -2.21. The van der Waals surface area contributed by atoms with Gasteiger partial charge in [0.05, 0.1) is 0 Å². The first-order valence-corrected chi connectivity index (χ1v) is 6.68. The van der Waals surface area contributed by atoms with Crippen molar-refractivity contribution in [2.75, 3.05) is 11.4 Å². The molecule has 0 fully saturated rings. The molecule has 0 aliphatic carbocycles. The highest BCUT2D eigenvalue weighted by Gasteiger charge is 2.15. The van der Waals surface area contributed by atoms with E-state index in [9.17, 15) is 0 Å². The van der Waals surface area contributed by atoms with E-state index in [0.29, 0.717) is 0 Å². The predicted molar refractivity (Wildman–Crippen MR) is 80.7 cm³/mol. The predicted octanol–water partition coefficient (Wildman–Crippen LogP) is 3.57. The van der Waals surface area contributed by atoms with Gasteiger partial charge in [-0.15, -0.1) is 0 Å². The number of hydrogen-bond acceptors (Lipinski definition) is 3. The molecule has 2 rings (SSSR count). The Morgan fingerprint density at radius 3 is 2.68 bits per heavy atom. The summed E-state index contributed by atoms with van der Waals surface area (Å²) in [6, 6.07) is 12.4. The molecule has 0 saturated carbocycles. The van der Waals surface area contributed by atoms with Gasteiger partial charge < -0.3 is 10.6 Å². The van der Waals surface area contributed by atoms with Gasteiger partial charge in [0.1, 0.15) is 5.82 Å². The number of anilines is 2. The fourth-order valence-corrected chi connectivity index (χ4v) is 2.24. The molecule has 0 bridgehead atoms. The van der Waals surface area contributed by atoms with Crippen LogP contribution in [0.25, 0.3) is 0 Å². The average Bonchev–Trinajstić information content (AvgIpc) is 2.40. The highest BCUT2D eigenvalue weighted by atomic mass is 15.2. The van der Waals surface area contributed by atoms with Crippen LogP contribution in [0, 0.1) is 6.92 Å². The van der Waals surface area contributed by atoms with Crippen molar-refractivity contribution in [3.05, 3.63) is 53.7 Å². The maximum absolute atomic E-state index is 6.05.